The molecule has 0 saturated heterocycles. The van der Waals surface area contributed by atoms with E-state index in [2.05, 4.69) is 17.1 Å². The van der Waals surface area contributed by atoms with Crippen LogP contribution in [0, 0.1) is 0 Å². The van der Waals surface area contributed by atoms with E-state index < -0.39 is 0 Å². The van der Waals surface area contributed by atoms with Gasteiger partial charge in [-0.3, -0.25) is 0 Å². The summed E-state index contributed by atoms with van der Waals surface area (Å²) >= 11 is 6.05. The summed E-state index contributed by atoms with van der Waals surface area (Å²) in [5.74, 6) is 0. The van der Waals surface area contributed by atoms with E-state index in [4.69, 9.17) is 11.6 Å². The Hall–Kier alpha value is -1.41. The first-order valence-electron chi connectivity index (χ1n) is 5.88. The third kappa shape index (κ3) is 3.04. The van der Waals surface area contributed by atoms with Crippen molar-refractivity contribution in [3.63, 3.8) is 0 Å². The molecular formula is C14H15ClN2. The lowest BCUT2D eigenvalue weighted by atomic mass is 10.1. The minimum absolute atomic E-state index is 0.526. The Kier molecular flexibility index (Phi) is 4.10. The summed E-state index contributed by atoms with van der Waals surface area (Å²) in [5.41, 5.74) is 3.05. The van der Waals surface area contributed by atoms with Crippen molar-refractivity contribution < 1.29 is 0 Å². The van der Waals surface area contributed by atoms with Crippen LogP contribution < -0.4 is 0 Å². The topological polar surface area (TPSA) is 25.8 Å². The summed E-state index contributed by atoms with van der Waals surface area (Å²) < 4.78 is 0. The summed E-state index contributed by atoms with van der Waals surface area (Å²) in [6, 6.07) is 12.1. The maximum Gasteiger partial charge on any atom is 0.154 e. The highest BCUT2D eigenvalue weighted by Gasteiger charge is 2.06. The standard InChI is InChI=1S/C14H15ClN2/c1-2-3-7-12-10-13(16-17-14(12)15)11-8-5-4-6-9-11/h4-6,8-10H,2-3,7H2,1H3. The molecule has 0 fully saturated rings. The molecule has 2 aromatic rings. The lowest BCUT2D eigenvalue weighted by Crippen LogP contribution is -1.95. The van der Waals surface area contributed by atoms with Gasteiger partial charge in [0, 0.05) is 5.56 Å². The second-order valence-electron chi connectivity index (χ2n) is 4.02. The maximum atomic E-state index is 6.05. The molecule has 0 bridgehead atoms. The van der Waals surface area contributed by atoms with Gasteiger partial charge in [0.2, 0.25) is 0 Å². The Labute approximate surface area is 107 Å². The van der Waals surface area contributed by atoms with Gasteiger partial charge in [0.1, 0.15) is 0 Å². The van der Waals surface area contributed by atoms with Gasteiger partial charge >= 0.3 is 0 Å². The highest BCUT2D eigenvalue weighted by atomic mass is 35.5. The molecule has 3 heteroatoms. The van der Waals surface area contributed by atoms with Crippen molar-refractivity contribution in [1.29, 1.82) is 0 Å². The van der Waals surface area contributed by atoms with Gasteiger partial charge in [0.15, 0.2) is 5.15 Å². The van der Waals surface area contributed by atoms with E-state index in [0.717, 1.165) is 36.1 Å². The molecule has 1 aromatic heterocycles. The van der Waals surface area contributed by atoms with Crippen LogP contribution >= 0.6 is 11.6 Å². The molecule has 0 saturated carbocycles. The van der Waals surface area contributed by atoms with Crippen LogP contribution in [0.4, 0.5) is 0 Å². The number of halogens is 1. The molecule has 0 unspecified atom stereocenters. The second-order valence-corrected chi connectivity index (χ2v) is 4.37. The van der Waals surface area contributed by atoms with Crippen LogP contribution in [-0.4, -0.2) is 10.2 Å². The molecule has 0 amide bonds. The Morgan fingerprint density at radius 1 is 1.12 bits per heavy atom. The number of unbranched alkanes of at least 4 members (excludes halogenated alkanes) is 1. The molecule has 0 aliphatic carbocycles. The fourth-order valence-electron chi connectivity index (χ4n) is 1.71. The molecule has 0 aliphatic heterocycles. The molecule has 0 atom stereocenters. The van der Waals surface area contributed by atoms with Crippen molar-refractivity contribution in [2.75, 3.05) is 0 Å². The van der Waals surface area contributed by atoms with E-state index in [1.165, 1.54) is 0 Å². The zero-order valence-electron chi connectivity index (χ0n) is 9.86. The Bertz CT molecular complexity index is 483. The number of aromatic nitrogens is 2. The normalized spacial score (nSPS) is 10.5. The van der Waals surface area contributed by atoms with Gasteiger partial charge in [-0.2, -0.15) is 0 Å². The van der Waals surface area contributed by atoms with E-state index >= 15 is 0 Å². The molecule has 0 radical (unpaired) electrons. The van der Waals surface area contributed by atoms with Gasteiger partial charge in [0.25, 0.3) is 0 Å². The largest absolute Gasteiger partial charge is 0.154 e. The van der Waals surface area contributed by atoms with Crippen LogP contribution in [0.15, 0.2) is 36.4 Å². The SMILES string of the molecule is CCCCc1cc(-c2ccccc2)nnc1Cl. The number of hydrogen-bond donors (Lipinski definition) is 0. The fourth-order valence-corrected chi connectivity index (χ4v) is 1.89. The molecule has 2 nitrogen and oxygen atoms in total. The highest BCUT2D eigenvalue weighted by Crippen LogP contribution is 2.21. The van der Waals surface area contributed by atoms with Crippen LogP contribution in [0.25, 0.3) is 11.3 Å². The number of rotatable bonds is 4. The zero-order valence-corrected chi connectivity index (χ0v) is 10.6. The Morgan fingerprint density at radius 3 is 2.59 bits per heavy atom. The van der Waals surface area contributed by atoms with Gasteiger partial charge in [0.05, 0.1) is 5.69 Å². The quantitative estimate of drug-likeness (QED) is 0.810. The number of hydrogen-bond acceptors (Lipinski definition) is 2. The summed E-state index contributed by atoms with van der Waals surface area (Å²) in [4.78, 5) is 0. The van der Waals surface area contributed by atoms with Crippen molar-refractivity contribution in [3.8, 4) is 11.3 Å². The van der Waals surface area contributed by atoms with E-state index in [1.54, 1.807) is 0 Å². The van der Waals surface area contributed by atoms with Gasteiger partial charge in [-0.25, -0.2) is 0 Å². The van der Waals surface area contributed by atoms with E-state index in [-0.39, 0.29) is 0 Å². The van der Waals surface area contributed by atoms with Crippen LogP contribution in [-0.2, 0) is 6.42 Å². The maximum absolute atomic E-state index is 6.05. The molecular weight excluding hydrogens is 232 g/mol. The summed E-state index contributed by atoms with van der Waals surface area (Å²) in [5, 5.41) is 8.69. The van der Waals surface area contributed by atoms with Crippen molar-refractivity contribution in [1.82, 2.24) is 10.2 Å². The first kappa shape index (κ1) is 12.1. The highest BCUT2D eigenvalue weighted by molar-refractivity contribution is 6.30. The van der Waals surface area contributed by atoms with Gasteiger partial charge in [-0.15, -0.1) is 10.2 Å². The Balaban J connectivity index is 2.31. The van der Waals surface area contributed by atoms with Gasteiger partial charge in [-0.05, 0) is 24.5 Å². The molecule has 1 heterocycles. The third-order valence-corrected chi connectivity index (χ3v) is 3.01. The monoisotopic (exact) mass is 246 g/mol. The molecule has 17 heavy (non-hydrogen) atoms. The average molecular weight is 247 g/mol. The van der Waals surface area contributed by atoms with Crippen molar-refractivity contribution >= 4 is 11.6 Å². The number of aryl methyl sites for hydroxylation is 1. The van der Waals surface area contributed by atoms with Crippen molar-refractivity contribution in [2.24, 2.45) is 0 Å². The summed E-state index contributed by atoms with van der Waals surface area (Å²) in [7, 11) is 0. The molecule has 0 N–H and O–H groups in total. The minimum atomic E-state index is 0.526. The molecule has 1 aromatic carbocycles. The van der Waals surface area contributed by atoms with Crippen LogP contribution in [0.2, 0.25) is 5.15 Å². The Morgan fingerprint density at radius 2 is 1.88 bits per heavy atom. The van der Waals surface area contributed by atoms with E-state index in [1.807, 2.05) is 36.4 Å². The zero-order chi connectivity index (χ0) is 12.1. The lowest BCUT2D eigenvalue weighted by Gasteiger charge is -2.05. The van der Waals surface area contributed by atoms with Gasteiger partial charge in [-0.1, -0.05) is 55.3 Å². The van der Waals surface area contributed by atoms with Crippen LogP contribution in [0.3, 0.4) is 0 Å². The summed E-state index contributed by atoms with van der Waals surface area (Å²) in [6.45, 7) is 2.17. The smallest absolute Gasteiger partial charge is 0.149 e. The average Bonchev–Trinajstić information content (AvgIpc) is 2.39. The van der Waals surface area contributed by atoms with Crippen molar-refractivity contribution in [2.45, 2.75) is 26.2 Å². The lowest BCUT2D eigenvalue weighted by molar-refractivity contribution is 0.788. The second kappa shape index (κ2) is 5.78. The van der Waals surface area contributed by atoms with E-state index in [0.29, 0.717) is 5.15 Å². The first-order valence-corrected chi connectivity index (χ1v) is 6.26. The predicted molar refractivity (Wildman–Crippen MR) is 71.1 cm³/mol. The molecule has 2 rings (SSSR count). The number of benzene rings is 1. The molecule has 0 spiro atoms. The fraction of sp³-hybridized carbons (Fsp3) is 0.286. The van der Waals surface area contributed by atoms with Gasteiger partial charge < -0.3 is 0 Å². The summed E-state index contributed by atoms with van der Waals surface area (Å²) in [6.07, 6.45) is 3.24. The third-order valence-electron chi connectivity index (χ3n) is 2.69. The van der Waals surface area contributed by atoms with Crippen molar-refractivity contribution in [3.05, 3.63) is 47.1 Å². The minimum Gasteiger partial charge on any atom is -0.149 e. The molecule has 88 valence electrons. The molecule has 0 aliphatic rings. The number of nitrogens with zero attached hydrogens (tertiary/aromatic N) is 2. The predicted octanol–water partition coefficient (Wildman–Crippen LogP) is 4.14. The van der Waals surface area contributed by atoms with E-state index in [9.17, 15) is 0 Å². The first-order chi connectivity index (χ1) is 8.31. The van der Waals surface area contributed by atoms with Crippen LogP contribution in [0.5, 0.6) is 0 Å². The van der Waals surface area contributed by atoms with Crippen LogP contribution in [0.1, 0.15) is 25.3 Å².